The molecule has 1 aliphatic heterocycles. The molecule has 1 saturated heterocycles. The summed E-state index contributed by atoms with van der Waals surface area (Å²) in [6.07, 6.45) is 3.58. The van der Waals surface area contributed by atoms with Crippen molar-refractivity contribution in [2.45, 2.75) is 31.6 Å². The molecular weight excluding hydrogens is 290 g/mol. The highest BCUT2D eigenvalue weighted by Crippen LogP contribution is 2.34. The number of fused-ring (bicyclic) bond motifs is 1. The topological polar surface area (TPSA) is 40.7 Å². The maximum absolute atomic E-state index is 4.80. The monoisotopic (exact) mass is 307 g/mol. The minimum Gasteiger partial charge on any atom is -0.341 e. The third-order valence-corrected chi connectivity index (χ3v) is 4.59. The summed E-state index contributed by atoms with van der Waals surface area (Å²) in [6, 6.07) is 6.22. The van der Waals surface area contributed by atoms with E-state index >= 15 is 0 Å². The van der Waals surface area contributed by atoms with E-state index in [0.717, 1.165) is 40.8 Å². The first kappa shape index (κ1) is 12.2. The van der Waals surface area contributed by atoms with Gasteiger partial charge in [-0.2, -0.15) is 0 Å². The lowest BCUT2D eigenvalue weighted by Crippen LogP contribution is -2.43. The molecule has 2 aromatic rings. The van der Waals surface area contributed by atoms with E-state index in [1.165, 1.54) is 12.8 Å². The maximum Gasteiger partial charge on any atom is 0.114 e. The molecule has 18 heavy (non-hydrogen) atoms. The highest BCUT2D eigenvalue weighted by molar-refractivity contribution is 9.10. The van der Waals surface area contributed by atoms with E-state index in [2.05, 4.69) is 45.3 Å². The minimum absolute atomic E-state index is 0.184. The lowest BCUT2D eigenvalue weighted by atomic mass is 9.77. The van der Waals surface area contributed by atoms with Gasteiger partial charge >= 0.3 is 0 Å². The highest BCUT2D eigenvalue weighted by atomic mass is 79.9. The van der Waals surface area contributed by atoms with Gasteiger partial charge in [0, 0.05) is 16.4 Å². The fourth-order valence-electron chi connectivity index (χ4n) is 2.87. The third-order valence-electron chi connectivity index (χ3n) is 4.10. The van der Waals surface area contributed by atoms with Gasteiger partial charge in [0.25, 0.3) is 0 Å². The number of nitrogens with one attached hydrogen (secondary N) is 2. The Morgan fingerprint density at radius 1 is 1.44 bits per heavy atom. The second-order valence-corrected chi connectivity index (χ2v) is 6.08. The molecule has 2 heterocycles. The van der Waals surface area contributed by atoms with Crippen molar-refractivity contribution < 1.29 is 0 Å². The van der Waals surface area contributed by atoms with Crippen LogP contribution < -0.4 is 5.32 Å². The Morgan fingerprint density at radius 2 is 2.33 bits per heavy atom. The molecule has 1 atom stereocenters. The molecule has 1 fully saturated rings. The fourth-order valence-corrected chi connectivity index (χ4v) is 3.23. The summed E-state index contributed by atoms with van der Waals surface area (Å²) < 4.78 is 1.09. The smallest absolute Gasteiger partial charge is 0.114 e. The number of hydrogen-bond donors (Lipinski definition) is 2. The van der Waals surface area contributed by atoms with E-state index in [4.69, 9.17) is 4.98 Å². The molecule has 0 bridgehead atoms. The van der Waals surface area contributed by atoms with Crippen LogP contribution in [0, 0.1) is 0 Å². The van der Waals surface area contributed by atoms with Gasteiger partial charge in [0.1, 0.15) is 5.82 Å². The summed E-state index contributed by atoms with van der Waals surface area (Å²) >= 11 is 3.51. The molecule has 0 spiro atoms. The lowest BCUT2D eigenvalue weighted by Gasteiger charge is -2.35. The van der Waals surface area contributed by atoms with E-state index in [0.29, 0.717) is 0 Å². The molecule has 0 saturated carbocycles. The second kappa shape index (κ2) is 4.67. The van der Waals surface area contributed by atoms with Gasteiger partial charge in [-0.25, -0.2) is 4.98 Å². The van der Waals surface area contributed by atoms with Crippen molar-refractivity contribution >= 4 is 27.0 Å². The summed E-state index contributed by atoms with van der Waals surface area (Å²) in [6.45, 7) is 4.42. The predicted octanol–water partition coefficient (Wildman–Crippen LogP) is 3.36. The lowest BCUT2D eigenvalue weighted by molar-refractivity contribution is 0.290. The van der Waals surface area contributed by atoms with E-state index in [-0.39, 0.29) is 5.41 Å². The van der Waals surface area contributed by atoms with Gasteiger partial charge in [0.15, 0.2) is 0 Å². The molecule has 0 radical (unpaired) electrons. The summed E-state index contributed by atoms with van der Waals surface area (Å²) in [5, 5.41) is 3.51. The van der Waals surface area contributed by atoms with Crippen molar-refractivity contribution in [3.63, 3.8) is 0 Å². The van der Waals surface area contributed by atoms with Crippen molar-refractivity contribution in [2.24, 2.45) is 0 Å². The zero-order valence-electron chi connectivity index (χ0n) is 10.6. The average Bonchev–Trinajstić information content (AvgIpc) is 2.83. The van der Waals surface area contributed by atoms with Crippen LogP contribution in [0.5, 0.6) is 0 Å². The SMILES string of the molecule is CCC1(c2nc3ccc(Br)cc3[nH]2)CCCNC1. The standard InChI is InChI=1S/C14H18BrN3/c1-2-14(6-3-7-16-9-14)13-17-11-5-4-10(15)8-12(11)18-13/h4-5,8,16H,2-3,6-7,9H2,1H3,(H,17,18). The van der Waals surface area contributed by atoms with Gasteiger partial charge in [-0.1, -0.05) is 22.9 Å². The summed E-state index contributed by atoms with van der Waals surface area (Å²) in [5.74, 6) is 1.14. The molecular formula is C14H18BrN3. The highest BCUT2D eigenvalue weighted by Gasteiger charge is 2.34. The number of nitrogens with zero attached hydrogens (tertiary/aromatic N) is 1. The van der Waals surface area contributed by atoms with Gasteiger partial charge in [-0.05, 0) is 44.0 Å². The van der Waals surface area contributed by atoms with Gasteiger partial charge in [0.05, 0.1) is 11.0 Å². The molecule has 1 unspecified atom stereocenters. The van der Waals surface area contributed by atoms with Crippen molar-refractivity contribution in [3.8, 4) is 0 Å². The quantitative estimate of drug-likeness (QED) is 0.893. The zero-order chi connectivity index (χ0) is 12.6. The van der Waals surface area contributed by atoms with Crippen LogP contribution in [0.15, 0.2) is 22.7 Å². The number of piperidine rings is 1. The minimum atomic E-state index is 0.184. The van der Waals surface area contributed by atoms with Gasteiger partial charge in [-0.15, -0.1) is 0 Å². The van der Waals surface area contributed by atoms with Crippen molar-refractivity contribution in [3.05, 3.63) is 28.5 Å². The van der Waals surface area contributed by atoms with Crippen molar-refractivity contribution in [2.75, 3.05) is 13.1 Å². The normalized spacial score (nSPS) is 24.6. The van der Waals surface area contributed by atoms with Gasteiger partial charge in [-0.3, -0.25) is 0 Å². The second-order valence-electron chi connectivity index (χ2n) is 5.16. The van der Waals surface area contributed by atoms with Crippen LogP contribution in [0.3, 0.4) is 0 Å². The number of aromatic nitrogens is 2. The van der Waals surface area contributed by atoms with Crippen LogP contribution in [0.4, 0.5) is 0 Å². The number of benzene rings is 1. The van der Waals surface area contributed by atoms with Crippen LogP contribution in [0.25, 0.3) is 11.0 Å². The van der Waals surface area contributed by atoms with Crippen LogP contribution in [0.2, 0.25) is 0 Å². The first-order valence-corrected chi connectivity index (χ1v) is 7.39. The number of rotatable bonds is 2. The Balaban J connectivity index is 2.06. The molecule has 3 rings (SSSR count). The number of halogens is 1. The Bertz CT molecular complexity index is 555. The molecule has 1 aliphatic rings. The third kappa shape index (κ3) is 1.97. The first-order valence-electron chi connectivity index (χ1n) is 6.60. The van der Waals surface area contributed by atoms with Crippen LogP contribution >= 0.6 is 15.9 Å². The van der Waals surface area contributed by atoms with E-state index in [1.54, 1.807) is 0 Å². The molecule has 0 aliphatic carbocycles. The summed E-state index contributed by atoms with van der Waals surface area (Å²) in [5.41, 5.74) is 2.37. The summed E-state index contributed by atoms with van der Waals surface area (Å²) in [7, 11) is 0. The van der Waals surface area contributed by atoms with Crippen molar-refractivity contribution in [1.82, 2.24) is 15.3 Å². The van der Waals surface area contributed by atoms with Gasteiger partial charge < -0.3 is 10.3 Å². The molecule has 1 aromatic heterocycles. The Hall–Kier alpha value is -0.870. The van der Waals surface area contributed by atoms with Crippen LogP contribution in [-0.2, 0) is 5.41 Å². The maximum atomic E-state index is 4.80. The predicted molar refractivity (Wildman–Crippen MR) is 77.9 cm³/mol. The summed E-state index contributed by atoms with van der Waals surface area (Å²) in [4.78, 5) is 8.32. The molecule has 4 heteroatoms. The van der Waals surface area contributed by atoms with Crippen LogP contribution in [-0.4, -0.2) is 23.1 Å². The Morgan fingerprint density at radius 3 is 3.06 bits per heavy atom. The molecule has 1 aromatic carbocycles. The number of hydrogen-bond acceptors (Lipinski definition) is 2. The van der Waals surface area contributed by atoms with E-state index < -0.39 is 0 Å². The molecule has 3 nitrogen and oxygen atoms in total. The zero-order valence-corrected chi connectivity index (χ0v) is 12.2. The van der Waals surface area contributed by atoms with E-state index in [1.807, 2.05) is 6.07 Å². The molecule has 0 amide bonds. The van der Waals surface area contributed by atoms with Gasteiger partial charge in [0.2, 0.25) is 0 Å². The Kier molecular flexibility index (Phi) is 3.16. The van der Waals surface area contributed by atoms with Crippen LogP contribution in [0.1, 0.15) is 32.0 Å². The van der Waals surface area contributed by atoms with E-state index in [9.17, 15) is 0 Å². The number of aromatic amines is 1. The molecule has 2 N–H and O–H groups in total. The number of H-pyrrole nitrogens is 1. The average molecular weight is 308 g/mol. The Labute approximate surface area is 116 Å². The number of imidazole rings is 1. The first-order chi connectivity index (χ1) is 8.73. The molecule has 96 valence electrons. The largest absolute Gasteiger partial charge is 0.341 e. The fraction of sp³-hybridized carbons (Fsp3) is 0.500. The van der Waals surface area contributed by atoms with Crippen molar-refractivity contribution in [1.29, 1.82) is 0 Å².